The van der Waals surface area contributed by atoms with E-state index < -0.39 is 0 Å². The number of carbonyl (C=O) groups excluding carboxylic acids is 1. The van der Waals surface area contributed by atoms with Crippen molar-refractivity contribution in [3.05, 3.63) is 76.5 Å². The van der Waals surface area contributed by atoms with E-state index in [1.165, 1.54) is 5.69 Å². The lowest BCUT2D eigenvalue weighted by Crippen LogP contribution is -2.31. The van der Waals surface area contributed by atoms with E-state index >= 15 is 0 Å². The molecule has 5 nitrogen and oxygen atoms in total. The Hall–Kier alpha value is -2.60. The number of rotatable bonds is 5. The van der Waals surface area contributed by atoms with Crippen molar-refractivity contribution in [1.82, 2.24) is 15.1 Å². The van der Waals surface area contributed by atoms with Gasteiger partial charge < -0.3 is 10.2 Å². The van der Waals surface area contributed by atoms with E-state index in [-0.39, 0.29) is 5.91 Å². The Labute approximate surface area is 173 Å². The zero-order valence-corrected chi connectivity index (χ0v) is 17.4. The molecule has 0 radical (unpaired) electrons. The third-order valence-corrected chi connectivity index (χ3v) is 5.62. The molecule has 1 unspecified atom stereocenters. The summed E-state index contributed by atoms with van der Waals surface area (Å²) < 4.78 is 2.89. The molecule has 0 aliphatic carbocycles. The molecule has 0 spiro atoms. The molecule has 1 amide bonds. The summed E-state index contributed by atoms with van der Waals surface area (Å²) in [5.41, 5.74) is 3.58. The second-order valence-electron chi connectivity index (χ2n) is 7.21. The number of halogens is 1. The maximum absolute atomic E-state index is 12.6. The number of hydrogen-bond donors (Lipinski definition) is 1. The average molecular weight is 439 g/mol. The van der Waals surface area contributed by atoms with Gasteiger partial charge in [0.05, 0.1) is 5.69 Å². The van der Waals surface area contributed by atoms with Crippen LogP contribution in [-0.2, 0) is 0 Å². The lowest BCUT2D eigenvalue weighted by atomic mass is 10.1. The van der Waals surface area contributed by atoms with Crippen LogP contribution >= 0.6 is 15.9 Å². The summed E-state index contributed by atoms with van der Waals surface area (Å²) in [6.07, 6.45) is 1.07. The molecule has 1 aromatic heterocycles. The Morgan fingerprint density at radius 2 is 1.93 bits per heavy atom. The van der Waals surface area contributed by atoms with Crippen LogP contribution in [0, 0.1) is 12.8 Å². The van der Waals surface area contributed by atoms with E-state index in [0.717, 1.165) is 35.4 Å². The summed E-state index contributed by atoms with van der Waals surface area (Å²) >= 11 is 3.53. The summed E-state index contributed by atoms with van der Waals surface area (Å²) in [4.78, 5) is 15.0. The van der Waals surface area contributed by atoms with E-state index in [4.69, 9.17) is 0 Å². The van der Waals surface area contributed by atoms with Gasteiger partial charge in [0.1, 0.15) is 0 Å². The third kappa shape index (κ3) is 4.12. The number of para-hydroxylation sites is 1. The molecule has 2 aromatic carbocycles. The van der Waals surface area contributed by atoms with E-state index in [2.05, 4.69) is 49.4 Å². The van der Waals surface area contributed by atoms with Crippen molar-refractivity contribution in [2.24, 2.45) is 5.92 Å². The molecule has 1 aliphatic heterocycles. The first-order chi connectivity index (χ1) is 13.6. The molecule has 4 rings (SSSR count). The zero-order valence-electron chi connectivity index (χ0n) is 15.8. The minimum atomic E-state index is -0.112. The second kappa shape index (κ2) is 8.19. The van der Waals surface area contributed by atoms with Gasteiger partial charge in [-0.3, -0.25) is 4.79 Å². The second-order valence-corrected chi connectivity index (χ2v) is 8.12. The maximum atomic E-state index is 12.6. The number of anilines is 1. The van der Waals surface area contributed by atoms with Gasteiger partial charge in [0.25, 0.3) is 5.91 Å². The standard InChI is InChI=1S/C22H23BrN4O/c1-16-12-21(25-27(16)19-7-3-2-4-8-19)22(28)24-14-17-10-11-26(15-17)20-9-5-6-18(23)13-20/h2-9,12-13,17H,10-11,14-15H2,1H3,(H,24,28). The minimum Gasteiger partial charge on any atom is -0.371 e. The van der Waals surface area contributed by atoms with E-state index in [0.29, 0.717) is 18.2 Å². The lowest BCUT2D eigenvalue weighted by molar-refractivity contribution is 0.0943. The molecule has 3 aromatic rings. The van der Waals surface area contributed by atoms with Crippen molar-refractivity contribution < 1.29 is 4.79 Å². The molecule has 0 saturated carbocycles. The highest BCUT2D eigenvalue weighted by Gasteiger charge is 2.24. The smallest absolute Gasteiger partial charge is 0.271 e. The Bertz CT molecular complexity index is 970. The number of hydrogen-bond acceptors (Lipinski definition) is 3. The van der Waals surface area contributed by atoms with E-state index in [9.17, 15) is 4.79 Å². The zero-order chi connectivity index (χ0) is 19.5. The highest BCUT2D eigenvalue weighted by molar-refractivity contribution is 9.10. The molecule has 1 atom stereocenters. The van der Waals surface area contributed by atoms with Gasteiger partial charge in [-0.2, -0.15) is 5.10 Å². The first-order valence-electron chi connectivity index (χ1n) is 9.51. The highest BCUT2D eigenvalue weighted by Crippen LogP contribution is 2.26. The van der Waals surface area contributed by atoms with Crippen LogP contribution in [0.5, 0.6) is 0 Å². The summed E-state index contributed by atoms with van der Waals surface area (Å²) in [6.45, 7) is 4.59. The molecular formula is C22H23BrN4O. The van der Waals surface area contributed by atoms with Crippen molar-refractivity contribution in [2.45, 2.75) is 13.3 Å². The van der Waals surface area contributed by atoms with Gasteiger partial charge >= 0.3 is 0 Å². The fourth-order valence-corrected chi connectivity index (χ4v) is 4.04. The first kappa shape index (κ1) is 18.7. The van der Waals surface area contributed by atoms with Gasteiger partial charge in [0.2, 0.25) is 0 Å². The number of benzene rings is 2. The predicted octanol–water partition coefficient (Wildman–Crippen LogP) is 4.20. The van der Waals surface area contributed by atoms with Crippen molar-refractivity contribution in [1.29, 1.82) is 0 Å². The van der Waals surface area contributed by atoms with Crippen LogP contribution in [0.4, 0.5) is 5.69 Å². The van der Waals surface area contributed by atoms with Crippen LogP contribution in [-0.4, -0.2) is 35.3 Å². The van der Waals surface area contributed by atoms with Crippen molar-refractivity contribution in [2.75, 3.05) is 24.5 Å². The Morgan fingerprint density at radius 3 is 2.71 bits per heavy atom. The quantitative estimate of drug-likeness (QED) is 0.649. The monoisotopic (exact) mass is 438 g/mol. The summed E-state index contributed by atoms with van der Waals surface area (Å²) in [7, 11) is 0. The van der Waals surface area contributed by atoms with Crippen molar-refractivity contribution in [3.8, 4) is 5.69 Å². The highest BCUT2D eigenvalue weighted by atomic mass is 79.9. The van der Waals surface area contributed by atoms with Crippen LogP contribution in [0.1, 0.15) is 22.6 Å². The molecular weight excluding hydrogens is 416 g/mol. The van der Waals surface area contributed by atoms with Crippen LogP contribution in [0.2, 0.25) is 0 Å². The summed E-state index contributed by atoms with van der Waals surface area (Å²) in [5, 5.41) is 7.55. The van der Waals surface area contributed by atoms with Crippen molar-refractivity contribution in [3.63, 3.8) is 0 Å². The van der Waals surface area contributed by atoms with Gasteiger partial charge in [-0.25, -0.2) is 4.68 Å². The van der Waals surface area contributed by atoms with Gasteiger partial charge in [0.15, 0.2) is 5.69 Å². The van der Waals surface area contributed by atoms with Gasteiger partial charge in [0, 0.05) is 35.5 Å². The van der Waals surface area contributed by atoms with E-state index in [1.54, 1.807) is 4.68 Å². The number of carbonyl (C=O) groups is 1. The first-order valence-corrected chi connectivity index (χ1v) is 10.3. The van der Waals surface area contributed by atoms with Crippen LogP contribution < -0.4 is 10.2 Å². The van der Waals surface area contributed by atoms with Gasteiger partial charge in [-0.1, -0.05) is 40.2 Å². The molecule has 2 heterocycles. The Balaban J connectivity index is 1.35. The average Bonchev–Trinajstić information content (AvgIpc) is 3.34. The number of nitrogens with one attached hydrogen (secondary N) is 1. The molecule has 6 heteroatoms. The lowest BCUT2D eigenvalue weighted by Gasteiger charge is -2.19. The molecule has 0 bridgehead atoms. The molecule has 1 N–H and O–H groups in total. The normalized spacial score (nSPS) is 16.4. The number of aromatic nitrogens is 2. The summed E-state index contributed by atoms with van der Waals surface area (Å²) in [5.74, 6) is 0.332. The molecule has 1 fully saturated rings. The van der Waals surface area contributed by atoms with Crippen molar-refractivity contribution >= 4 is 27.5 Å². The molecule has 28 heavy (non-hydrogen) atoms. The van der Waals surface area contributed by atoms with Gasteiger partial charge in [-0.15, -0.1) is 0 Å². The van der Waals surface area contributed by atoms with E-state index in [1.807, 2.05) is 49.4 Å². The van der Waals surface area contributed by atoms with Crippen LogP contribution in [0.25, 0.3) is 5.69 Å². The van der Waals surface area contributed by atoms with Gasteiger partial charge in [-0.05, 0) is 55.7 Å². The Morgan fingerprint density at radius 1 is 1.14 bits per heavy atom. The van der Waals surface area contributed by atoms with Crippen LogP contribution in [0.15, 0.2) is 65.1 Å². The fraction of sp³-hybridized carbons (Fsp3) is 0.273. The Kier molecular flexibility index (Phi) is 5.48. The number of nitrogens with zero attached hydrogens (tertiary/aromatic N) is 3. The topological polar surface area (TPSA) is 50.2 Å². The summed E-state index contributed by atoms with van der Waals surface area (Å²) in [6, 6.07) is 20.1. The molecule has 144 valence electrons. The largest absolute Gasteiger partial charge is 0.371 e. The predicted molar refractivity (Wildman–Crippen MR) is 115 cm³/mol. The SMILES string of the molecule is Cc1cc(C(=O)NCC2CCN(c3cccc(Br)c3)C2)nn1-c1ccccc1. The maximum Gasteiger partial charge on any atom is 0.271 e. The number of amides is 1. The minimum absolute atomic E-state index is 0.112. The number of aryl methyl sites for hydroxylation is 1. The fourth-order valence-electron chi connectivity index (χ4n) is 3.65. The third-order valence-electron chi connectivity index (χ3n) is 5.13. The molecule has 1 saturated heterocycles. The van der Waals surface area contributed by atoms with Crippen LogP contribution in [0.3, 0.4) is 0 Å². The molecule has 1 aliphatic rings.